The molecule has 0 aliphatic carbocycles. The van der Waals surface area contributed by atoms with Gasteiger partial charge in [0.2, 0.25) is 0 Å². The van der Waals surface area contributed by atoms with Gasteiger partial charge < -0.3 is 10.5 Å². The van der Waals surface area contributed by atoms with Crippen LogP contribution in [0.4, 0.5) is 10.2 Å². The van der Waals surface area contributed by atoms with Gasteiger partial charge in [0.1, 0.15) is 11.6 Å². The maximum Gasteiger partial charge on any atom is 0.138 e. The highest BCUT2D eigenvalue weighted by molar-refractivity contribution is 7.80. The minimum absolute atomic E-state index is 0.334. The molecule has 2 heterocycles. The monoisotopic (exact) mass is 292 g/mol. The van der Waals surface area contributed by atoms with Crippen molar-refractivity contribution in [3.8, 4) is 0 Å². The maximum atomic E-state index is 13.5. The van der Waals surface area contributed by atoms with E-state index >= 15 is 0 Å². The van der Waals surface area contributed by atoms with Crippen molar-refractivity contribution >= 4 is 29.3 Å². The standard InChI is InChI=1S/C15H17FN2OS/c16-12-8-13-10(7-14(12)20)6-11(15(17)18-13)5-9-1-3-19-4-2-9/h6-9,20H,1-5H2,(H2,17,18). The first-order valence-electron chi connectivity index (χ1n) is 6.79. The van der Waals surface area contributed by atoms with E-state index in [9.17, 15) is 4.39 Å². The third-order valence-corrected chi connectivity index (χ3v) is 4.19. The Morgan fingerprint density at radius 3 is 2.80 bits per heavy atom. The summed E-state index contributed by atoms with van der Waals surface area (Å²) in [5, 5.41) is 0.882. The van der Waals surface area contributed by atoms with Gasteiger partial charge in [-0.1, -0.05) is 0 Å². The Balaban J connectivity index is 1.94. The minimum atomic E-state index is -0.370. The van der Waals surface area contributed by atoms with E-state index in [0.717, 1.165) is 43.4 Å². The summed E-state index contributed by atoms with van der Waals surface area (Å²) in [6, 6.07) is 5.09. The van der Waals surface area contributed by atoms with Crippen molar-refractivity contribution in [2.75, 3.05) is 18.9 Å². The number of nitrogens with two attached hydrogens (primary N) is 1. The molecular formula is C15H17FN2OS. The van der Waals surface area contributed by atoms with Gasteiger partial charge >= 0.3 is 0 Å². The zero-order chi connectivity index (χ0) is 14.1. The maximum absolute atomic E-state index is 13.5. The van der Waals surface area contributed by atoms with E-state index in [0.29, 0.717) is 22.1 Å². The summed E-state index contributed by atoms with van der Waals surface area (Å²) in [7, 11) is 0. The summed E-state index contributed by atoms with van der Waals surface area (Å²) in [6.45, 7) is 1.63. The number of rotatable bonds is 2. The number of fused-ring (bicyclic) bond motifs is 1. The van der Waals surface area contributed by atoms with Gasteiger partial charge in [0, 0.05) is 29.6 Å². The van der Waals surface area contributed by atoms with Gasteiger partial charge in [-0.25, -0.2) is 9.37 Å². The number of aromatic nitrogens is 1. The third kappa shape index (κ3) is 2.74. The topological polar surface area (TPSA) is 48.1 Å². The fraction of sp³-hybridized carbons (Fsp3) is 0.400. The zero-order valence-electron chi connectivity index (χ0n) is 11.1. The van der Waals surface area contributed by atoms with Gasteiger partial charge in [0.25, 0.3) is 0 Å². The Kier molecular flexibility index (Phi) is 3.81. The Morgan fingerprint density at radius 1 is 1.30 bits per heavy atom. The summed E-state index contributed by atoms with van der Waals surface area (Å²) in [6.07, 6.45) is 3.01. The van der Waals surface area contributed by atoms with Crippen molar-refractivity contribution in [1.29, 1.82) is 0 Å². The Hall–Kier alpha value is -1.33. The number of hydrogen-bond donors (Lipinski definition) is 2. The lowest BCUT2D eigenvalue weighted by molar-refractivity contribution is 0.0666. The summed E-state index contributed by atoms with van der Waals surface area (Å²) in [5.74, 6) is 0.710. The summed E-state index contributed by atoms with van der Waals surface area (Å²) in [5.41, 5.74) is 7.62. The van der Waals surface area contributed by atoms with Crippen molar-refractivity contribution < 1.29 is 9.13 Å². The molecular weight excluding hydrogens is 275 g/mol. The molecule has 3 rings (SSSR count). The van der Waals surface area contributed by atoms with Crippen LogP contribution in [0.15, 0.2) is 23.1 Å². The molecule has 0 unspecified atom stereocenters. The van der Waals surface area contributed by atoms with E-state index in [4.69, 9.17) is 10.5 Å². The molecule has 2 aromatic rings. The molecule has 2 N–H and O–H groups in total. The number of thiol groups is 1. The van der Waals surface area contributed by atoms with E-state index in [1.54, 1.807) is 6.07 Å². The first kappa shape index (κ1) is 13.6. The molecule has 0 amide bonds. The van der Waals surface area contributed by atoms with Crippen LogP contribution in [-0.4, -0.2) is 18.2 Å². The van der Waals surface area contributed by atoms with Crippen LogP contribution in [0, 0.1) is 11.7 Å². The van der Waals surface area contributed by atoms with Crippen molar-refractivity contribution in [3.05, 3.63) is 29.6 Å². The molecule has 1 aromatic heterocycles. The minimum Gasteiger partial charge on any atom is -0.383 e. The van der Waals surface area contributed by atoms with Gasteiger partial charge in [-0.2, -0.15) is 0 Å². The molecule has 0 radical (unpaired) electrons. The molecule has 0 bridgehead atoms. The molecule has 106 valence electrons. The van der Waals surface area contributed by atoms with Crippen LogP contribution in [-0.2, 0) is 11.2 Å². The molecule has 20 heavy (non-hydrogen) atoms. The lowest BCUT2D eigenvalue weighted by atomic mass is 9.92. The fourth-order valence-electron chi connectivity index (χ4n) is 2.67. The fourth-order valence-corrected chi connectivity index (χ4v) is 2.87. The molecule has 3 nitrogen and oxygen atoms in total. The van der Waals surface area contributed by atoms with Gasteiger partial charge in [-0.3, -0.25) is 0 Å². The van der Waals surface area contributed by atoms with Gasteiger partial charge in [0.15, 0.2) is 0 Å². The molecule has 0 atom stereocenters. The van der Waals surface area contributed by atoms with Crippen molar-refractivity contribution in [3.63, 3.8) is 0 Å². The first-order valence-corrected chi connectivity index (χ1v) is 7.23. The number of halogens is 1. The predicted molar refractivity (Wildman–Crippen MR) is 80.6 cm³/mol. The molecule has 1 fully saturated rings. The lowest BCUT2D eigenvalue weighted by Gasteiger charge is -2.22. The molecule has 1 aliphatic rings. The zero-order valence-corrected chi connectivity index (χ0v) is 12.0. The lowest BCUT2D eigenvalue weighted by Crippen LogP contribution is -2.18. The molecule has 0 saturated carbocycles. The molecule has 0 spiro atoms. The van der Waals surface area contributed by atoms with Gasteiger partial charge in [-0.15, -0.1) is 12.6 Å². The van der Waals surface area contributed by atoms with Crippen LogP contribution in [0.3, 0.4) is 0 Å². The summed E-state index contributed by atoms with van der Waals surface area (Å²) < 4.78 is 18.9. The van der Waals surface area contributed by atoms with Crippen LogP contribution >= 0.6 is 12.6 Å². The van der Waals surface area contributed by atoms with Crippen LogP contribution in [0.1, 0.15) is 18.4 Å². The summed E-state index contributed by atoms with van der Waals surface area (Å²) >= 11 is 4.11. The number of nitrogens with zero attached hydrogens (tertiary/aromatic N) is 1. The normalized spacial score (nSPS) is 16.7. The number of nitrogen functional groups attached to an aromatic ring is 1. The largest absolute Gasteiger partial charge is 0.383 e. The van der Waals surface area contributed by atoms with Gasteiger partial charge in [0.05, 0.1) is 5.52 Å². The van der Waals surface area contributed by atoms with Crippen LogP contribution in [0.2, 0.25) is 0 Å². The van der Waals surface area contributed by atoms with Crippen molar-refractivity contribution in [2.45, 2.75) is 24.2 Å². The Labute approximate surface area is 122 Å². The Bertz CT molecular complexity index is 641. The van der Waals surface area contributed by atoms with Crippen molar-refractivity contribution in [1.82, 2.24) is 4.98 Å². The van der Waals surface area contributed by atoms with E-state index in [2.05, 4.69) is 17.6 Å². The SMILES string of the molecule is Nc1nc2cc(F)c(S)cc2cc1CC1CCOCC1. The van der Waals surface area contributed by atoms with Crippen LogP contribution in [0.5, 0.6) is 0 Å². The first-order chi connectivity index (χ1) is 9.63. The third-order valence-electron chi connectivity index (χ3n) is 3.85. The summed E-state index contributed by atoms with van der Waals surface area (Å²) in [4.78, 5) is 4.65. The van der Waals surface area contributed by atoms with Crippen molar-refractivity contribution in [2.24, 2.45) is 5.92 Å². The van der Waals surface area contributed by atoms with Crippen LogP contribution in [0.25, 0.3) is 10.9 Å². The highest BCUT2D eigenvalue weighted by Gasteiger charge is 2.16. The van der Waals surface area contributed by atoms with E-state index < -0.39 is 0 Å². The molecule has 1 aliphatic heterocycles. The highest BCUT2D eigenvalue weighted by Crippen LogP contribution is 2.27. The number of anilines is 1. The second kappa shape index (κ2) is 5.58. The molecule has 1 saturated heterocycles. The second-order valence-corrected chi connectivity index (χ2v) is 5.77. The van der Waals surface area contributed by atoms with E-state index in [1.807, 2.05) is 6.07 Å². The smallest absolute Gasteiger partial charge is 0.138 e. The average molecular weight is 292 g/mol. The Morgan fingerprint density at radius 2 is 2.05 bits per heavy atom. The highest BCUT2D eigenvalue weighted by atomic mass is 32.1. The molecule has 1 aromatic carbocycles. The quantitative estimate of drug-likeness (QED) is 0.836. The average Bonchev–Trinajstić information content (AvgIpc) is 2.43. The predicted octanol–water partition coefficient (Wildman–Crippen LogP) is 3.21. The van der Waals surface area contributed by atoms with Gasteiger partial charge in [-0.05, 0) is 42.9 Å². The van der Waals surface area contributed by atoms with E-state index in [-0.39, 0.29) is 5.82 Å². The van der Waals surface area contributed by atoms with Crippen LogP contribution < -0.4 is 5.73 Å². The second-order valence-electron chi connectivity index (χ2n) is 5.29. The number of hydrogen-bond acceptors (Lipinski definition) is 4. The number of pyridine rings is 1. The van der Waals surface area contributed by atoms with E-state index in [1.165, 1.54) is 6.07 Å². The number of benzene rings is 1. The number of ether oxygens (including phenoxy) is 1. The molecule has 5 heteroatoms.